The normalized spacial score (nSPS) is 23.4. The predicted molar refractivity (Wildman–Crippen MR) is 124 cm³/mol. The molecule has 1 saturated heterocycles. The maximum atomic E-state index is 13.0. The quantitative estimate of drug-likeness (QED) is 0.692. The first-order valence-corrected chi connectivity index (χ1v) is 12.0. The molecule has 1 saturated carbocycles. The number of nitrogens with one attached hydrogen (secondary N) is 1. The van der Waals surface area contributed by atoms with E-state index in [0.717, 1.165) is 43.6 Å². The van der Waals surface area contributed by atoms with E-state index in [1.54, 1.807) is 16.0 Å². The highest BCUT2D eigenvalue weighted by atomic mass is 16.3. The number of rotatable bonds is 6. The second-order valence-corrected chi connectivity index (χ2v) is 9.38. The average Bonchev–Trinajstić information content (AvgIpc) is 3.35. The molecule has 3 heterocycles. The molecule has 0 spiro atoms. The fraction of sp³-hybridized carbons (Fsp3) is 0.739. The van der Waals surface area contributed by atoms with Crippen molar-refractivity contribution in [2.24, 2.45) is 5.92 Å². The van der Waals surface area contributed by atoms with Crippen molar-refractivity contribution in [3.63, 3.8) is 0 Å². The minimum absolute atomic E-state index is 0.119. The Morgan fingerprint density at radius 3 is 2.56 bits per heavy atom. The molecule has 2 N–H and O–H groups in total. The number of carbonyl (C=O) groups is 2. The lowest BCUT2D eigenvalue weighted by Gasteiger charge is -2.43. The third kappa shape index (κ3) is 4.27. The summed E-state index contributed by atoms with van der Waals surface area (Å²) in [5.41, 5.74) is 0.778. The van der Waals surface area contributed by atoms with Crippen molar-refractivity contribution in [3.8, 4) is 0 Å². The molecule has 2 atom stereocenters. The number of aliphatic hydroxyl groups is 1. The Balaban J connectivity index is 1.51. The summed E-state index contributed by atoms with van der Waals surface area (Å²) < 4.78 is 0. The molecule has 1 aromatic heterocycles. The summed E-state index contributed by atoms with van der Waals surface area (Å²) in [6, 6.07) is 0.332. The number of likely N-dealkylation sites (N-methyl/N-ethyl adjacent to an activating group) is 1. The second-order valence-electron chi connectivity index (χ2n) is 9.38. The van der Waals surface area contributed by atoms with Crippen LogP contribution in [-0.2, 0) is 9.59 Å². The van der Waals surface area contributed by atoms with Gasteiger partial charge in [-0.1, -0.05) is 19.8 Å². The number of carbonyl (C=O) groups excluding carboxylic acids is 2. The summed E-state index contributed by atoms with van der Waals surface area (Å²) in [6.45, 7) is 5.12. The van der Waals surface area contributed by atoms with Gasteiger partial charge in [0.15, 0.2) is 5.82 Å². The van der Waals surface area contributed by atoms with Gasteiger partial charge in [0, 0.05) is 32.2 Å². The molecule has 4 rings (SSSR count). The van der Waals surface area contributed by atoms with E-state index < -0.39 is 6.61 Å². The summed E-state index contributed by atoms with van der Waals surface area (Å²) >= 11 is 0. The SMILES string of the molecule is CC[C@@H]1C(=O)N(C)c2cnc(N[C@H](C)C3CCN(C(=O)CO)CC3)nc2N1C1CCCC1. The molecule has 0 unspecified atom stereocenters. The van der Waals surface area contributed by atoms with E-state index in [-0.39, 0.29) is 23.9 Å². The van der Waals surface area contributed by atoms with E-state index in [0.29, 0.717) is 31.0 Å². The van der Waals surface area contributed by atoms with E-state index >= 15 is 0 Å². The highest BCUT2D eigenvalue weighted by Gasteiger charge is 2.41. The average molecular weight is 445 g/mol. The second kappa shape index (κ2) is 9.60. The summed E-state index contributed by atoms with van der Waals surface area (Å²) in [5.74, 6) is 1.77. The maximum absolute atomic E-state index is 13.0. The molecule has 9 heteroatoms. The van der Waals surface area contributed by atoms with Crippen LogP contribution in [0.3, 0.4) is 0 Å². The molecule has 1 aromatic rings. The first-order valence-electron chi connectivity index (χ1n) is 12.0. The van der Waals surface area contributed by atoms with Gasteiger partial charge >= 0.3 is 0 Å². The Labute approximate surface area is 190 Å². The van der Waals surface area contributed by atoms with Crippen LogP contribution >= 0.6 is 0 Å². The smallest absolute Gasteiger partial charge is 0.249 e. The summed E-state index contributed by atoms with van der Waals surface area (Å²) in [4.78, 5) is 39.9. The summed E-state index contributed by atoms with van der Waals surface area (Å²) in [7, 11) is 1.82. The van der Waals surface area contributed by atoms with Crippen LogP contribution in [0.4, 0.5) is 17.5 Å². The Kier molecular flexibility index (Phi) is 6.83. The predicted octanol–water partition coefficient (Wildman–Crippen LogP) is 2.01. The van der Waals surface area contributed by atoms with Gasteiger partial charge in [-0.2, -0.15) is 4.98 Å². The van der Waals surface area contributed by atoms with Gasteiger partial charge in [0.2, 0.25) is 17.8 Å². The zero-order chi connectivity index (χ0) is 22.8. The number of aromatic nitrogens is 2. The van der Waals surface area contributed by atoms with Crippen molar-refractivity contribution in [1.82, 2.24) is 14.9 Å². The Hall–Kier alpha value is -2.42. The van der Waals surface area contributed by atoms with Crippen molar-refractivity contribution in [2.45, 2.75) is 76.9 Å². The molecule has 0 aromatic carbocycles. The molecular formula is C23H36N6O3. The van der Waals surface area contributed by atoms with Crippen molar-refractivity contribution < 1.29 is 14.7 Å². The zero-order valence-corrected chi connectivity index (χ0v) is 19.5. The molecule has 9 nitrogen and oxygen atoms in total. The third-order valence-electron chi connectivity index (χ3n) is 7.50. The van der Waals surface area contributed by atoms with Crippen LogP contribution in [0.2, 0.25) is 0 Å². The van der Waals surface area contributed by atoms with Crippen LogP contribution in [0.25, 0.3) is 0 Å². The van der Waals surface area contributed by atoms with E-state index in [9.17, 15) is 9.59 Å². The molecule has 1 aliphatic carbocycles. The van der Waals surface area contributed by atoms with Gasteiger partial charge in [0.25, 0.3) is 0 Å². The number of nitrogens with zero attached hydrogens (tertiary/aromatic N) is 5. The van der Waals surface area contributed by atoms with Crippen molar-refractivity contribution in [2.75, 3.05) is 41.9 Å². The van der Waals surface area contributed by atoms with E-state index in [4.69, 9.17) is 10.1 Å². The minimum Gasteiger partial charge on any atom is -0.387 e. The van der Waals surface area contributed by atoms with Gasteiger partial charge in [0.1, 0.15) is 18.3 Å². The first kappa shape index (κ1) is 22.8. The molecule has 0 bridgehead atoms. The number of fused-ring (bicyclic) bond motifs is 1. The number of piperidine rings is 1. The van der Waals surface area contributed by atoms with Gasteiger partial charge in [-0.25, -0.2) is 4.98 Å². The van der Waals surface area contributed by atoms with Crippen LogP contribution in [0, 0.1) is 5.92 Å². The van der Waals surface area contributed by atoms with Crippen LogP contribution in [0.1, 0.15) is 58.8 Å². The Morgan fingerprint density at radius 2 is 1.94 bits per heavy atom. The molecule has 2 amide bonds. The highest BCUT2D eigenvalue weighted by Crippen LogP contribution is 2.40. The molecule has 176 valence electrons. The Morgan fingerprint density at radius 1 is 1.25 bits per heavy atom. The number of hydrogen-bond acceptors (Lipinski definition) is 7. The van der Waals surface area contributed by atoms with Gasteiger partial charge in [0.05, 0.1) is 6.20 Å². The monoisotopic (exact) mass is 444 g/mol. The molecular weight excluding hydrogens is 408 g/mol. The van der Waals surface area contributed by atoms with Gasteiger partial charge in [-0.3, -0.25) is 9.59 Å². The largest absolute Gasteiger partial charge is 0.387 e. The standard InChI is InChI=1S/C23H36N6O3/c1-4-18-22(32)27(3)19-13-24-23(26-21(19)29(18)17-7-5-6-8-17)25-15(2)16-9-11-28(12-10-16)20(31)14-30/h13,15-18,30H,4-12,14H2,1-3H3,(H,24,25,26)/t15-,18-/m1/s1. The third-order valence-corrected chi connectivity index (χ3v) is 7.50. The summed E-state index contributed by atoms with van der Waals surface area (Å²) in [6.07, 6.45) is 8.88. The minimum atomic E-state index is -0.422. The number of amides is 2. The lowest BCUT2D eigenvalue weighted by Crippen LogP contribution is -2.55. The lowest BCUT2D eigenvalue weighted by molar-refractivity contribution is -0.135. The van der Waals surface area contributed by atoms with Crippen molar-refractivity contribution >= 4 is 29.3 Å². The van der Waals surface area contributed by atoms with Crippen molar-refractivity contribution in [3.05, 3.63) is 6.20 Å². The van der Waals surface area contributed by atoms with Crippen molar-refractivity contribution in [1.29, 1.82) is 0 Å². The molecule has 2 aliphatic heterocycles. The van der Waals surface area contributed by atoms with Crippen LogP contribution < -0.4 is 15.1 Å². The molecule has 3 aliphatic rings. The van der Waals surface area contributed by atoms with Crippen LogP contribution in [0.15, 0.2) is 6.20 Å². The first-order chi connectivity index (χ1) is 15.4. The fourth-order valence-electron chi connectivity index (χ4n) is 5.52. The topological polar surface area (TPSA) is 102 Å². The Bertz CT molecular complexity index is 835. The van der Waals surface area contributed by atoms with E-state index in [1.807, 2.05) is 7.05 Å². The highest BCUT2D eigenvalue weighted by molar-refractivity contribution is 6.04. The van der Waals surface area contributed by atoms with Crippen LogP contribution in [-0.4, -0.2) is 76.7 Å². The van der Waals surface area contributed by atoms with E-state index in [2.05, 4.69) is 29.0 Å². The number of aliphatic hydroxyl groups excluding tert-OH is 1. The molecule has 32 heavy (non-hydrogen) atoms. The maximum Gasteiger partial charge on any atom is 0.249 e. The summed E-state index contributed by atoms with van der Waals surface area (Å²) in [5, 5.41) is 12.6. The number of hydrogen-bond donors (Lipinski definition) is 2. The van der Waals surface area contributed by atoms with Gasteiger partial charge in [-0.15, -0.1) is 0 Å². The molecule has 2 fully saturated rings. The number of likely N-dealkylation sites (tertiary alicyclic amines) is 1. The van der Waals surface area contributed by atoms with Crippen LogP contribution in [0.5, 0.6) is 0 Å². The van der Waals surface area contributed by atoms with E-state index in [1.165, 1.54) is 12.8 Å². The molecule has 0 radical (unpaired) electrons. The van der Waals surface area contributed by atoms with Gasteiger partial charge < -0.3 is 25.1 Å². The number of anilines is 3. The van der Waals surface area contributed by atoms with Gasteiger partial charge in [-0.05, 0) is 44.9 Å². The lowest BCUT2D eigenvalue weighted by atomic mass is 9.90. The zero-order valence-electron chi connectivity index (χ0n) is 19.5. The fourth-order valence-corrected chi connectivity index (χ4v) is 5.52.